The molecule has 2 heterocycles. The average Bonchev–Trinajstić information content (AvgIpc) is 3.16. The topological polar surface area (TPSA) is 154 Å². The van der Waals surface area contributed by atoms with E-state index in [9.17, 15) is 14.5 Å². The van der Waals surface area contributed by atoms with Crippen LogP contribution < -0.4 is 11.2 Å². The number of hydrogen-bond donors (Lipinski definition) is 2. The Morgan fingerprint density at radius 1 is 1.26 bits per heavy atom. The molecule has 0 aliphatic carbocycles. The Hall–Kier alpha value is -2.11. The van der Waals surface area contributed by atoms with E-state index < -0.39 is 37.6 Å². The van der Waals surface area contributed by atoms with Crippen LogP contribution in [0.5, 0.6) is 0 Å². The number of H-pyrrole nitrogens is 1. The molecule has 1 aromatic heterocycles. The maximum absolute atomic E-state index is 12.4. The number of ether oxygens (including phenoxy) is 2. The standard InChI is InChI=1S/C22H36N5O6P/c1-15(2)27(16(3)4)34(30,11-7-9-24)32-14-19-18(31-10-6-8-23)12-20(33-19)26-13-17(5)21(28)25-22(26)29/h13,15-16,18-20,30,34H,6-7,10-12,14H2,1-5H3,(H,25,28,29)/t18-,19+,20+/m0/s1. The van der Waals surface area contributed by atoms with Crippen LogP contribution in [0.3, 0.4) is 0 Å². The Morgan fingerprint density at radius 2 is 1.91 bits per heavy atom. The van der Waals surface area contributed by atoms with E-state index in [1.807, 2.05) is 38.4 Å². The number of nitrogens with one attached hydrogen (secondary N) is 1. The summed E-state index contributed by atoms with van der Waals surface area (Å²) in [6, 6.07) is 4.11. The van der Waals surface area contributed by atoms with E-state index in [0.29, 0.717) is 12.0 Å². The first-order valence-corrected chi connectivity index (χ1v) is 13.5. The van der Waals surface area contributed by atoms with Crippen molar-refractivity contribution in [3.63, 3.8) is 0 Å². The molecule has 12 heteroatoms. The molecule has 1 aliphatic rings. The molecule has 0 unspecified atom stereocenters. The summed E-state index contributed by atoms with van der Waals surface area (Å²) in [5.41, 5.74) is -0.687. The van der Waals surface area contributed by atoms with Gasteiger partial charge < -0.3 is 0 Å². The first kappa shape index (κ1) is 28.1. The number of aromatic amines is 1. The van der Waals surface area contributed by atoms with Crippen molar-refractivity contribution >= 4 is 7.87 Å². The molecule has 0 aromatic carbocycles. The maximum atomic E-state index is 12.4. The molecule has 1 aliphatic heterocycles. The molecule has 2 rings (SSSR count). The van der Waals surface area contributed by atoms with Crippen LogP contribution in [0.15, 0.2) is 15.8 Å². The second-order valence-electron chi connectivity index (χ2n) is 8.97. The van der Waals surface area contributed by atoms with Crippen LogP contribution in [-0.4, -0.2) is 62.8 Å². The summed E-state index contributed by atoms with van der Waals surface area (Å²) < 4.78 is 21.3. The normalized spacial score (nSPS) is 21.2. The van der Waals surface area contributed by atoms with Gasteiger partial charge in [0.05, 0.1) is 0 Å². The van der Waals surface area contributed by atoms with Gasteiger partial charge >= 0.3 is 200 Å². The molecule has 11 nitrogen and oxygen atoms in total. The third-order valence-electron chi connectivity index (χ3n) is 5.74. The second kappa shape index (κ2) is 12.6. The average molecular weight is 498 g/mol. The fourth-order valence-corrected chi connectivity index (χ4v) is 7.40. The molecule has 1 saturated heterocycles. The Labute approximate surface area is 200 Å². The van der Waals surface area contributed by atoms with Crippen molar-refractivity contribution in [2.24, 2.45) is 0 Å². The van der Waals surface area contributed by atoms with E-state index in [1.54, 1.807) is 6.92 Å². The van der Waals surface area contributed by atoms with Crippen LogP contribution in [0.4, 0.5) is 0 Å². The van der Waals surface area contributed by atoms with Gasteiger partial charge in [0.15, 0.2) is 0 Å². The monoisotopic (exact) mass is 497 g/mol. The molecular weight excluding hydrogens is 461 g/mol. The van der Waals surface area contributed by atoms with Gasteiger partial charge in [0, 0.05) is 0 Å². The van der Waals surface area contributed by atoms with E-state index in [4.69, 9.17) is 24.5 Å². The molecule has 0 bridgehead atoms. The number of aryl methyl sites for hydroxylation is 1. The fraction of sp³-hybridized carbons (Fsp3) is 0.727. The van der Waals surface area contributed by atoms with Gasteiger partial charge in [-0.2, -0.15) is 0 Å². The van der Waals surface area contributed by atoms with Gasteiger partial charge in [-0.25, -0.2) is 0 Å². The van der Waals surface area contributed by atoms with Crippen molar-refractivity contribution < 1.29 is 18.9 Å². The van der Waals surface area contributed by atoms with Crippen LogP contribution in [0.1, 0.15) is 58.7 Å². The van der Waals surface area contributed by atoms with E-state index in [2.05, 4.69) is 11.1 Å². The molecule has 0 spiro atoms. The van der Waals surface area contributed by atoms with E-state index in [0.717, 1.165) is 0 Å². The number of rotatable bonds is 12. The van der Waals surface area contributed by atoms with Crippen LogP contribution in [0.25, 0.3) is 0 Å². The fourth-order valence-electron chi connectivity index (χ4n) is 4.37. The Balaban J connectivity index is 2.27. The number of nitriles is 2. The summed E-state index contributed by atoms with van der Waals surface area (Å²) in [6.45, 7) is 9.65. The van der Waals surface area contributed by atoms with Crippen molar-refractivity contribution in [2.75, 3.05) is 19.4 Å². The Kier molecular flexibility index (Phi) is 10.4. The van der Waals surface area contributed by atoms with Crippen molar-refractivity contribution in [3.05, 3.63) is 32.6 Å². The summed E-state index contributed by atoms with van der Waals surface area (Å²) in [6.07, 6.45) is 0.504. The zero-order chi connectivity index (χ0) is 25.5. The Morgan fingerprint density at radius 3 is 2.50 bits per heavy atom. The molecule has 34 heavy (non-hydrogen) atoms. The summed E-state index contributed by atoms with van der Waals surface area (Å²) in [5, 5.41) is 18.0. The molecule has 0 radical (unpaired) electrons. The van der Waals surface area contributed by atoms with Gasteiger partial charge in [0.2, 0.25) is 0 Å². The second-order valence-corrected chi connectivity index (χ2v) is 11.8. The minimum absolute atomic E-state index is 0.00187. The van der Waals surface area contributed by atoms with Crippen molar-refractivity contribution in [1.29, 1.82) is 10.5 Å². The molecule has 3 atom stereocenters. The summed E-state index contributed by atoms with van der Waals surface area (Å²) in [5.74, 6) is 0. The first-order valence-electron chi connectivity index (χ1n) is 11.5. The van der Waals surface area contributed by atoms with Gasteiger partial charge in [0.25, 0.3) is 0 Å². The zero-order valence-electron chi connectivity index (χ0n) is 20.5. The number of aromatic nitrogens is 2. The number of nitrogens with zero attached hydrogens (tertiary/aromatic N) is 4. The third-order valence-corrected chi connectivity index (χ3v) is 9.11. The Bertz CT molecular complexity index is 1000. The van der Waals surface area contributed by atoms with Crippen LogP contribution in [-0.2, 0) is 14.0 Å². The third kappa shape index (κ3) is 6.96. The summed E-state index contributed by atoms with van der Waals surface area (Å²) >= 11 is 0. The van der Waals surface area contributed by atoms with E-state index in [1.165, 1.54) is 10.8 Å². The minimum atomic E-state index is -3.48. The van der Waals surface area contributed by atoms with Gasteiger partial charge in [-0.15, -0.1) is 0 Å². The molecular formula is C22H36N5O6P. The number of hydrogen-bond acceptors (Lipinski definition) is 9. The van der Waals surface area contributed by atoms with Crippen LogP contribution >= 0.6 is 7.87 Å². The predicted molar refractivity (Wildman–Crippen MR) is 128 cm³/mol. The summed E-state index contributed by atoms with van der Waals surface area (Å²) in [7, 11) is -3.48. The van der Waals surface area contributed by atoms with Crippen molar-refractivity contribution in [3.8, 4) is 12.1 Å². The molecule has 0 amide bonds. The zero-order valence-corrected chi connectivity index (χ0v) is 21.5. The van der Waals surface area contributed by atoms with E-state index in [-0.39, 0.29) is 44.3 Å². The quantitative estimate of drug-likeness (QED) is 0.326. The molecule has 0 saturated carbocycles. The van der Waals surface area contributed by atoms with Crippen molar-refractivity contribution in [2.45, 2.75) is 84.4 Å². The van der Waals surface area contributed by atoms with E-state index >= 15 is 0 Å². The van der Waals surface area contributed by atoms with Crippen molar-refractivity contribution in [1.82, 2.24) is 14.2 Å². The van der Waals surface area contributed by atoms with Crippen LogP contribution in [0, 0.1) is 29.6 Å². The summed E-state index contributed by atoms with van der Waals surface area (Å²) in [4.78, 5) is 37.9. The SMILES string of the molecule is Cc1cn([C@H]2C[C@H](OCCC#N)[C@@H](CO[PH](O)(CCC#N)N(C(C)C)C(C)C)O2)c(=O)[nH]c1=O. The van der Waals surface area contributed by atoms with Crippen LogP contribution in [0.2, 0.25) is 0 Å². The molecule has 1 fully saturated rings. The first-order chi connectivity index (χ1) is 16.0. The molecule has 190 valence electrons. The van der Waals surface area contributed by atoms with Gasteiger partial charge in [-0.05, 0) is 0 Å². The van der Waals surface area contributed by atoms with Gasteiger partial charge in [-0.3, -0.25) is 0 Å². The molecule has 1 aromatic rings. The van der Waals surface area contributed by atoms with Gasteiger partial charge in [-0.1, -0.05) is 0 Å². The molecule has 2 N–H and O–H groups in total. The van der Waals surface area contributed by atoms with Gasteiger partial charge in [0.1, 0.15) is 0 Å². The predicted octanol–water partition coefficient (Wildman–Crippen LogP) is 1.97.